The van der Waals surface area contributed by atoms with E-state index < -0.39 is 10.0 Å². The summed E-state index contributed by atoms with van der Waals surface area (Å²) in [6, 6.07) is 19.5. The van der Waals surface area contributed by atoms with E-state index in [9.17, 15) is 13.7 Å². The lowest BCUT2D eigenvalue weighted by molar-refractivity contribution is 0.415. The third kappa shape index (κ3) is 4.01. The second kappa shape index (κ2) is 8.70. The minimum Gasteiger partial charge on any atom is -0.497 e. The number of benzene rings is 3. The van der Waals surface area contributed by atoms with E-state index in [0.717, 1.165) is 0 Å². The van der Waals surface area contributed by atoms with Crippen molar-refractivity contribution in [1.29, 1.82) is 5.26 Å². The number of hydrogen-bond donors (Lipinski definition) is 1. The van der Waals surface area contributed by atoms with Crippen molar-refractivity contribution in [2.75, 3.05) is 16.7 Å². The second-order valence-electron chi connectivity index (χ2n) is 6.54. The molecule has 0 fully saturated rings. The summed E-state index contributed by atoms with van der Waals surface area (Å²) in [5.41, 5.74) is 1.34. The summed E-state index contributed by atoms with van der Waals surface area (Å²) in [6.07, 6.45) is 1.73. The molecule has 4 aromatic rings. The highest BCUT2D eigenvalue weighted by Crippen LogP contribution is 2.34. The van der Waals surface area contributed by atoms with Crippen molar-refractivity contribution >= 4 is 50.0 Å². The van der Waals surface area contributed by atoms with Crippen LogP contribution in [-0.4, -0.2) is 25.5 Å². The van der Waals surface area contributed by atoms with Gasteiger partial charge in [-0.05, 0) is 36.4 Å². The molecule has 0 bridgehead atoms. The Hall–Kier alpha value is -3.87. The number of fused-ring (bicyclic) bond motifs is 1. The van der Waals surface area contributed by atoms with Crippen LogP contribution in [0.2, 0.25) is 5.02 Å². The molecule has 0 radical (unpaired) electrons. The predicted octanol–water partition coefficient (Wildman–Crippen LogP) is 4.71. The Morgan fingerprint density at radius 1 is 1.00 bits per heavy atom. The van der Waals surface area contributed by atoms with Gasteiger partial charge in [0.2, 0.25) is 12.0 Å². The molecule has 8 nitrogen and oxygen atoms in total. The molecule has 0 atom stereocenters. The third-order valence-electron chi connectivity index (χ3n) is 4.54. The zero-order chi connectivity index (χ0) is 22.7. The maximum Gasteiger partial charge on any atom is 0.278 e. The quantitative estimate of drug-likeness (QED) is 0.324. The Morgan fingerprint density at radius 2 is 1.66 bits per heavy atom. The van der Waals surface area contributed by atoms with E-state index in [1.54, 1.807) is 66.9 Å². The van der Waals surface area contributed by atoms with Gasteiger partial charge < -0.3 is 10.1 Å². The van der Waals surface area contributed by atoms with E-state index in [0.29, 0.717) is 31.8 Å². The molecule has 10 heteroatoms. The first-order valence-corrected chi connectivity index (χ1v) is 11.1. The molecule has 0 aliphatic carbocycles. The molecule has 0 spiro atoms. The molecule has 1 N–H and O–H groups in total. The summed E-state index contributed by atoms with van der Waals surface area (Å²) in [4.78, 5) is 8.89. The SMILES string of the molecule is COc1ccc(Cl)c(Nc2nc3ccccc3nc2N(C#N)S(=O)(=O)c2ccccc2)c1. The van der Waals surface area contributed by atoms with Crippen LogP contribution in [0.3, 0.4) is 0 Å². The van der Waals surface area contributed by atoms with Crippen LogP contribution in [0.4, 0.5) is 17.3 Å². The summed E-state index contributed by atoms with van der Waals surface area (Å²) in [5.74, 6) is 0.384. The number of methoxy groups -OCH3 is 1. The molecule has 0 aliphatic rings. The molecule has 32 heavy (non-hydrogen) atoms. The fourth-order valence-corrected chi connectivity index (χ4v) is 4.32. The van der Waals surface area contributed by atoms with E-state index in [1.807, 2.05) is 0 Å². The predicted molar refractivity (Wildman–Crippen MR) is 123 cm³/mol. The van der Waals surface area contributed by atoms with E-state index in [-0.39, 0.29) is 16.5 Å². The largest absolute Gasteiger partial charge is 0.497 e. The topological polar surface area (TPSA) is 108 Å². The van der Waals surface area contributed by atoms with Crippen LogP contribution in [0.25, 0.3) is 11.0 Å². The Labute approximate surface area is 189 Å². The fourth-order valence-electron chi connectivity index (χ4n) is 2.98. The molecule has 160 valence electrons. The fraction of sp³-hybridized carbons (Fsp3) is 0.0455. The maximum absolute atomic E-state index is 13.2. The maximum atomic E-state index is 13.2. The van der Waals surface area contributed by atoms with Gasteiger partial charge in [0.15, 0.2) is 5.82 Å². The van der Waals surface area contributed by atoms with Crippen molar-refractivity contribution in [1.82, 2.24) is 9.97 Å². The minimum atomic E-state index is -4.24. The van der Waals surface area contributed by atoms with Crippen molar-refractivity contribution in [3.05, 3.63) is 77.8 Å². The summed E-state index contributed by atoms with van der Waals surface area (Å²) in [6.45, 7) is 0. The van der Waals surface area contributed by atoms with Gasteiger partial charge in [0.05, 0.1) is 33.7 Å². The number of nitrogens with zero attached hydrogens (tertiary/aromatic N) is 4. The first kappa shape index (κ1) is 21.4. The minimum absolute atomic E-state index is 0.0416. The average Bonchev–Trinajstić information content (AvgIpc) is 2.81. The first-order chi connectivity index (χ1) is 15.4. The monoisotopic (exact) mass is 465 g/mol. The number of nitrogens with one attached hydrogen (secondary N) is 1. The van der Waals surface area contributed by atoms with Crippen LogP contribution >= 0.6 is 11.6 Å². The van der Waals surface area contributed by atoms with Crippen molar-refractivity contribution in [2.45, 2.75) is 4.90 Å². The van der Waals surface area contributed by atoms with Crippen molar-refractivity contribution in [3.8, 4) is 11.9 Å². The van der Waals surface area contributed by atoms with Gasteiger partial charge in [-0.2, -0.15) is 13.7 Å². The van der Waals surface area contributed by atoms with Gasteiger partial charge in [-0.15, -0.1) is 4.31 Å². The number of rotatable bonds is 6. The van der Waals surface area contributed by atoms with Gasteiger partial charge in [-0.3, -0.25) is 0 Å². The summed E-state index contributed by atoms with van der Waals surface area (Å²) in [7, 11) is -2.73. The molecule has 0 amide bonds. The lowest BCUT2D eigenvalue weighted by atomic mass is 10.3. The van der Waals surface area contributed by atoms with Crippen LogP contribution in [0, 0.1) is 11.5 Å². The number of para-hydroxylation sites is 2. The number of anilines is 3. The van der Waals surface area contributed by atoms with Gasteiger partial charge in [0.25, 0.3) is 10.0 Å². The summed E-state index contributed by atoms with van der Waals surface area (Å²) < 4.78 is 32.2. The number of aromatic nitrogens is 2. The van der Waals surface area contributed by atoms with Crippen LogP contribution in [0.5, 0.6) is 5.75 Å². The van der Waals surface area contributed by atoms with E-state index in [2.05, 4.69) is 15.3 Å². The molecule has 0 saturated heterocycles. The van der Waals surface area contributed by atoms with Crippen LogP contribution in [0.1, 0.15) is 0 Å². The first-order valence-electron chi connectivity index (χ1n) is 9.31. The Balaban J connectivity index is 1.91. The molecule has 1 heterocycles. The highest BCUT2D eigenvalue weighted by molar-refractivity contribution is 7.93. The van der Waals surface area contributed by atoms with Gasteiger partial charge in [0.1, 0.15) is 5.75 Å². The number of nitriles is 1. The molecular weight excluding hydrogens is 450 g/mol. The summed E-state index contributed by atoms with van der Waals surface area (Å²) in [5, 5.41) is 13.2. The number of ether oxygens (including phenoxy) is 1. The molecule has 0 unspecified atom stereocenters. The van der Waals surface area contributed by atoms with Crippen molar-refractivity contribution in [2.24, 2.45) is 0 Å². The zero-order valence-corrected chi connectivity index (χ0v) is 18.3. The Kier molecular flexibility index (Phi) is 5.81. The van der Waals surface area contributed by atoms with Gasteiger partial charge in [-0.1, -0.05) is 41.9 Å². The van der Waals surface area contributed by atoms with E-state index >= 15 is 0 Å². The van der Waals surface area contributed by atoms with Crippen LogP contribution < -0.4 is 14.4 Å². The van der Waals surface area contributed by atoms with Gasteiger partial charge >= 0.3 is 0 Å². The van der Waals surface area contributed by atoms with Gasteiger partial charge in [-0.25, -0.2) is 9.97 Å². The molecule has 1 aromatic heterocycles. The molecule has 0 aliphatic heterocycles. The van der Waals surface area contributed by atoms with Gasteiger partial charge in [0, 0.05) is 6.07 Å². The Bertz CT molecular complexity index is 1440. The average molecular weight is 466 g/mol. The normalized spacial score (nSPS) is 11.0. The zero-order valence-electron chi connectivity index (χ0n) is 16.7. The second-order valence-corrected chi connectivity index (χ2v) is 8.73. The third-order valence-corrected chi connectivity index (χ3v) is 6.48. The number of halogens is 1. The van der Waals surface area contributed by atoms with E-state index in [4.69, 9.17) is 16.3 Å². The smallest absolute Gasteiger partial charge is 0.278 e. The summed E-state index contributed by atoms with van der Waals surface area (Å²) >= 11 is 6.31. The molecule has 0 saturated carbocycles. The van der Waals surface area contributed by atoms with Crippen LogP contribution in [-0.2, 0) is 10.0 Å². The number of hydrogen-bond acceptors (Lipinski definition) is 7. The standard InChI is InChI=1S/C22H16ClN5O3S/c1-31-15-11-12-17(23)20(13-15)26-21-22(27-19-10-6-5-9-18(19)25-21)28(14-24)32(29,30)16-7-3-2-4-8-16/h2-13H,1H3,(H,25,26). The Morgan fingerprint density at radius 3 is 2.31 bits per heavy atom. The number of sulfonamides is 1. The lowest BCUT2D eigenvalue weighted by Crippen LogP contribution is -2.28. The highest BCUT2D eigenvalue weighted by Gasteiger charge is 2.30. The lowest BCUT2D eigenvalue weighted by Gasteiger charge is -2.19. The van der Waals surface area contributed by atoms with Crippen LogP contribution in [0.15, 0.2) is 77.7 Å². The molecule has 3 aromatic carbocycles. The van der Waals surface area contributed by atoms with E-state index in [1.165, 1.54) is 19.2 Å². The van der Waals surface area contributed by atoms with Crippen molar-refractivity contribution in [3.63, 3.8) is 0 Å². The van der Waals surface area contributed by atoms with Crippen molar-refractivity contribution < 1.29 is 13.2 Å². The molecular formula is C22H16ClN5O3S. The molecule has 4 rings (SSSR count). The highest BCUT2D eigenvalue weighted by atomic mass is 35.5.